The molecule has 0 unspecified atom stereocenters. The number of rotatable bonds is 15. The van der Waals surface area contributed by atoms with Gasteiger partial charge < -0.3 is 28.8 Å². The van der Waals surface area contributed by atoms with E-state index in [1.54, 1.807) is 0 Å². The molecule has 0 aromatic carbocycles. The van der Waals surface area contributed by atoms with Crippen LogP contribution in [0, 0.1) is 29.1 Å². The van der Waals surface area contributed by atoms with Crippen molar-refractivity contribution in [2.45, 2.75) is 101 Å². The van der Waals surface area contributed by atoms with Gasteiger partial charge in [0, 0.05) is 19.4 Å². The van der Waals surface area contributed by atoms with Gasteiger partial charge in [-0.25, -0.2) is 0 Å². The van der Waals surface area contributed by atoms with E-state index >= 15 is 0 Å². The number of carbonyl (C=O) groups excluding carboxylic acids is 3. The zero-order valence-corrected chi connectivity index (χ0v) is 28.5. The first kappa shape index (κ1) is 35.5. The van der Waals surface area contributed by atoms with Crippen molar-refractivity contribution in [3.8, 4) is 0 Å². The number of allylic oxidation sites excluding steroid dienone is 5. The summed E-state index contributed by atoms with van der Waals surface area (Å²) in [5, 5.41) is 10.3. The van der Waals surface area contributed by atoms with Crippen LogP contribution in [0.25, 0.3) is 0 Å². The van der Waals surface area contributed by atoms with E-state index < -0.39 is 64.1 Å². The van der Waals surface area contributed by atoms with E-state index in [1.807, 2.05) is 32.1 Å². The van der Waals surface area contributed by atoms with Crippen LogP contribution in [0.15, 0.2) is 36.0 Å². The summed E-state index contributed by atoms with van der Waals surface area (Å²) >= 11 is 3.66. The van der Waals surface area contributed by atoms with Crippen molar-refractivity contribution in [2.75, 3.05) is 21.3 Å². The number of methoxy groups -OCH3 is 3. The molecule has 1 saturated carbocycles. The number of aliphatic carboxylic acids is 1. The van der Waals surface area contributed by atoms with Gasteiger partial charge in [0.25, 0.3) is 0 Å². The lowest BCUT2D eigenvalue weighted by atomic mass is 9.58. The zero-order chi connectivity index (χ0) is 33.0. The topological polar surface area (TPSA) is 135 Å². The summed E-state index contributed by atoms with van der Waals surface area (Å²) in [5.74, 6) is -6.76. The van der Waals surface area contributed by atoms with Crippen molar-refractivity contribution in [1.29, 1.82) is 0 Å². The molecular weight excluding hydrogens is 648 g/mol. The number of alkyl halides is 1. The average molecular weight is 696 g/mol. The number of carbonyl (C=O) groups is 4. The second kappa shape index (κ2) is 14.6. The number of unbranched alkanes of at least 4 members (excludes halogenated alkanes) is 3. The van der Waals surface area contributed by atoms with Crippen LogP contribution in [0.1, 0.15) is 78.1 Å². The van der Waals surface area contributed by atoms with E-state index in [1.165, 1.54) is 21.3 Å². The fourth-order valence-electron chi connectivity index (χ4n) is 8.38. The fraction of sp³-hybridized carbons (Fsp3) is 0.706. The number of ketones is 1. The molecule has 9 atom stereocenters. The number of esters is 2. The first-order valence-electron chi connectivity index (χ1n) is 15.9. The molecule has 4 rings (SSSR count). The molecule has 1 spiro atoms. The highest BCUT2D eigenvalue weighted by atomic mass is 79.9. The number of carboxylic acids is 1. The molecule has 0 radical (unpaired) electrons. The van der Waals surface area contributed by atoms with Crippen LogP contribution in [-0.4, -0.2) is 72.6 Å². The molecule has 10 nitrogen and oxygen atoms in total. The quantitative estimate of drug-likeness (QED) is 0.0988. The molecule has 45 heavy (non-hydrogen) atoms. The molecule has 0 aromatic rings. The molecule has 2 aliphatic carbocycles. The van der Waals surface area contributed by atoms with Crippen LogP contribution in [0.5, 0.6) is 0 Å². The summed E-state index contributed by atoms with van der Waals surface area (Å²) in [6.45, 7) is 3.89. The van der Waals surface area contributed by atoms with Crippen LogP contribution in [0.2, 0.25) is 0 Å². The highest BCUT2D eigenvalue weighted by molar-refractivity contribution is 9.10. The van der Waals surface area contributed by atoms with Gasteiger partial charge in [-0.2, -0.15) is 0 Å². The maximum absolute atomic E-state index is 13.9. The van der Waals surface area contributed by atoms with Crippen LogP contribution in [0.4, 0.5) is 0 Å². The number of ether oxygens (including phenoxy) is 5. The van der Waals surface area contributed by atoms with Crippen molar-refractivity contribution < 1.29 is 48.0 Å². The summed E-state index contributed by atoms with van der Waals surface area (Å²) in [5.41, 5.74) is -0.904. The van der Waals surface area contributed by atoms with Gasteiger partial charge in [-0.1, -0.05) is 59.2 Å². The van der Waals surface area contributed by atoms with Gasteiger partial charge in [0.2, 0.25) is 0 Å². The normalized spacial score (nSPS) is 36.9. The Balaban J connectivity index is 1.94. The van der Waals surface area contributed by atoms with E-state index in [4.69, 9.17) is 23.7 Å². The number of carboxylic acid groups (broad SMARTS) is 1. The lowest BCUT2D eigenvalue weighted by Gasteiger charge is -2.55. The maximum Gasteiger partial charge on any atom is 0.323 e. The Labute approximate surface area is 274 Å². The van der Waals surface area contributed by atoms with Crippen LogP contribution in [0.3, 0.4) is 0 Å². The maximum atomic E-state index is 13.9. The third-order valence-electron chi connectivity index (χ3n) is 10.2. The zero-order valence-electron chi connectivity index (χ0n) is 26.9. The number of Topliss-reactive ketones (excluding diaryl/α,β-unsaturated/α-hetero) is 1. The molecule has 0 amide bonds. The van der Waals surface area contributed by atoms with E-state index in [0.717, 1.165) is 32.1 Å². The molecule has 2 aliphatic heterocycles. The standard InChI is InChI=1S/C34H47BrO10/c1-6-8-10-11-12-14-15-21-17-25-32(19-26(37)38)20-33(35,30(40)42-4)28(29(39)41-3)27-22(21)18-24(23(36)16-13-9-7-2)44-34(25,27)45-31(32)43-5/h6-9,17,21-22,24,27-28,31H,10-16,18-20H2,1-5H3,(H,37,38)/b8-6+,9-7+/t21-,22+,24+,27+,28-,31+,32+,33+,34+/m0/s1. The Bertz CT molecular complexity index is 1230. The summed E-state index contributed by atoms with van der Waals surface area (Å²) in [6.07, 6.45) is 13.2. The first-order valence-corrected chi connectivity index (χ1v) is 16.7. The van der Waals surface area contributed by atoms with Crippen molar-refractivity contribution >= 4 is 39.6 Å². The van der Waals surface area contributed by atoms with E-state index in [-0.39, 0.29) is 30.5 Å². The molecule has 2 saturated heterocycles. The highest BCUT2D eigenvalue weighted by Crippen LogP contribution is 2.71. The van der Waals surface area contributed by atoms with Gasteiger partial charge in [-0.05, 0) is 69.8 Å². The van der Waals surface area contributed by atoms with Gasteiger partial charge in [0.1, 0.15) is 10.4 Å². The average Bonchev–Trinajstić information content (AvgIpc) is 3.22. The summed E-state index contributed by atoms with van der Waals surface area (Å²) < 4.78 is 28.2. The summed E-state index contributed by atoms with van der Waals surface area (Å²) in [7, 11) is 3.90. The molecule has 1 N–H and O–H groups in total. The van der Waals surface area contributed by atoms with E-state index in [9.17, 15) is 24.3 Å². The van der Waals surface area contributed by atoms with Crippen molar-refractivity contribution in [3.05, 3.63) is 36.0 Å². The van der Waals surface area contributed by atoms with Gasteiger partial charge in [0.05, 0.1) is 32.0 Å². The largest absolute Gasteiger partial charge is 0.481 e. The Morgan fingerprint density at radius 3 is 2.36 bits per heavy atom. The van der Waals surface area contributed by atoms with E-state index in [2.05, 4.69) is 28.1 Å². The molecule has 5 bridgehead atoms. The summed E-state index contributed by atoms with van der Waals surface area (Å²) in [4.78, 5) is 53.9. The highest BCUT2D eigenvalue weighted by Gasteiger charge is 2.78. The predicted octanol–water partition coefficient (Wildman–Crippen LogP) is 5.68. The molecule has 11 heteroatoms. The Morgan fingerprint density at radius 1 is 1.02 bits per heavy atom. The van der Waals surface area contributed by atoms with Gasteiger partial charge >= 0.3 is 17.9 Å². The SMILES string of the molecule is C/C=C/CCCCC[C@H]1C=C2[C@@]3(CC(=O)O)C[C@](Br)(C(=O)OC)[C@H](C(=O)OC)[C@H]4[C@@H]1C[C@H](C(=O)CC/C=C/C)O[C@@]24O[C@H]3OC. The Kier molecular flexibility index (Phi) is 11.5. The lowest BCUT2D eigenvalue weighted by molar-refractivity contribution is -0.336. The third kappa shape index (κ3) is 6.34. The minimum Gasteiger partial charge on any atom is -0.481 e. The molecule has 250 valence electrons. The number of hydrogen-bond donors (Lipinski definition) is 1. The van der Waals surface area contributed by atoms with Crippen molar-refractivity contribution in [3.63, 3.8) is 0 Å². The Morgan fingerprint density at radius 2 is 1.73 bits per heavy atom. The molecule has 4 aliphatic rings. The van der Waals surface area contributed by atoms with Crippen molar-refractivity contribution in [2.24, 2.45) is 29.1 Å². The first-order chi connectivity index (χ1) is 21.5. The van der Waals surface area contributed by atoms with Gasteiger partial charge in [-0.15, -0.1) is 0 Å². The third-order valence-corrected chi connectivity index (χ3v) is 11.3. The Hall–Kier alpha value is -2.34. The lowest BCUT2D eigenvalue weighted by Crippen LogP contribution is -2.64. The predicted molar refractivity (Wildman–Crippen MR) is 168 cm³/mol. The van der Waals surface area contributed by atoms with Crippen LogP contribution < -0.4 is 0 Å². The minimum absolute atomic E-state index is 0.0949. The molecule has 2 heterocycles. The van der Waals surface area contributed by atoms with Gasteiger partial charge in [0.15, 0.2) is 17.9 Å². The van der Waals surface area contributed by atoms with Crippen LogP contribution in [-0.2, 0) is 42.9 Å². The molecular formula is C34H47BrO10. The monoisotopic (exact) mass is 694 g/mol. The second-order valence-corrected chi connectivity index (χ2v) is 14.1. The summed E-state index contributed by atoms with van der Waals surface area (Å²) in [6, 6.07) is 0. The van der Waals surface area contributed by atoms with E-state index in [0.29, 0.717) is 18.4 Å². The smallest absolute Gasteiger partial charge is 0.323 e. The molecule has 0 aromatic heterocycles. The fourth-order valence-corrected chi connectivity index (χ4v) is 9.51. The number of halogens is 1. The van der Waals surface area contributed by atoms with Crippen LogP contribution >= 0.6 is 15.9 Å². The van der Waals surface area contributed by atoms with Crippen molar-refractivity contribution in [1.82, 2.24) is 0 Å². The number of hydrogen-bond acceptors (Lipinski definition) is 9. The van der Waals surface area contributed by atoms with Gasteiger partial charge in [-0.3, -0.25) is 19.2 Å². The second-order valence-electron chi connectivity index (χ2n) is 12.7. The minimum atomic E-state index is -1.69. The molecule has 3 fully saturated rings.